The van der Waals surface area contributed by atoms with Gasteiger partial charge in [-0.3, -0.25) is 9.59 Å². The summed E-state index contributed by atoms with van der Waals surface area (Å²) in [5, 5.41) is 4.66. The van der Waals surface area contributed by atoms with Gasteiger partial charge in [0.05, 0.1) is 18.9 Å². The molecule has 2 atom stereocenters. The highest BCUT2D eigenvalue weighted by Gasteiger charge is 2.40. The molecule has 12 nitrogen and oxygen atoms in total. The largest absolute Gasteiger partial charge is 0.465 e. The van der Waals surface area contributed by atoms with E-state index in [-0.39, 0.29) is 66.3 Å². The first-order valence-electron chi connectivity index (χ1n) is 15.9. The lowest BCUT2D eigenvalue weighted by atomic mass is 9.75. The molecule has 2 heterocycles. The number of anilines is 1. The first-order chi connectivity index (χ1) is 23.1. The summed E-state index contributed by atoms with van der Waals surface area (Å²) in [4.78, 5) is 61.2. The normalized spacial score (nSPS) is 20.6. The van der Waals surface area contributed by atoms with Crippen molar-refractivity contribution in [3.05, 3.63) is 77.5 Å². The summed E-state index contributed by atoms with van der Waals surface area (Å²) in [5.74, 6) is 0.256. The van der Waals surface area contributed by atoms with Gasteiger partial charge in [-0.15, -0.1) is 5.10 Å². The maximum atomic E-state index is 13.9. The average Bonchev–Trinajstić information content (AvgIpc) is 3.64. The van der Waals surface area contributed by atoms with E-state index in [0.717, 1.165) is 18.4 Å². The van der Waals surface area contributed by atoms with Crippen molar-refractivity contribution in [2.45, 2.75) is 60.0 Å². The van der Waals surface area contributed by atoms with E-state index < -0.39 is 11.9 Å². The molecule has 48 heavy (non-hydrogen) atoms. The fourth-order valence-corrected chi connectivity index (χ4v) is 6.33. The second-order valence-corrected chi connectivity index (χ2v) is 11.9. The van der Waals surface area contributed by atoms with Gasteiger partial charge in [-0.25, -0.2) is 24.3 Å². The summed E-state index contributed by atoms with van der Waals surface area (Å²) in [6.07, 6.45) is 1.83. The Kier molecular flexibility index (Phi) is 11.7. The second kappa shape index (κ2) is 15.9. The Hall–Kier alpha value is -5.44. The minimum Gasteiger partial charge on any atom is -0.465 e. The number of carbonyl (C=O) groups is 4. The quantitative estimate of drug-likeness (QED) is 0.206. The van der Waals surface area contributed by atoms with Crippen LogP contribution in [0.5, 0.6) is 0 Å². The molecule has 3 aromatic rings. The zero-order valence-electron chi connectivity index (χ0n) is 27.9. The van der Waals surface area contributed by atoms with Crippen LogP contribution in [0.25, 0.3) is 21.8 Å². The highest BCUT2D eigenvalue weighted by Crippen LogP contribution is 2.38. The van der Waals surface area contributed by atoms with Crippen LogP contribution in [0.4, 0.5) is 11.4 Å². The number of hydrogen-bond donors (Lipinski definition) is 0. The smallest absolute Gasteiger partial charge is 0.331 e. The molecule has 1 aliphatic heterocycles. The molecule has 1 aromatic heterocycles. The summed E-state index contributed by atoms with van der Waals surface area (Å²) < 4.78 is 12.6. The van der Waals surface area contributed by atoms with Crippen molar-refractivity contribution >= 4 is 47.4 Å². The van der Waals surface area contributed by atoms with Gasteiger partial charge < -0.3 is 19.2 Å². The van der Waals surface area contributed by atoms with Crippen LogP contribution in [0.1, 0.15) is 59.7 Å². The van der Waals surface area contributed by atoms with E-state index in [1.165, 1.54) is 9.58 Å². The number of benzene rings is 2. The molecule has 2 aliphatic rings. The zero-order chi connectivity index (χ0) is 35.0. The van der Waals surface area contributed by atoms with Gasteiger partial charge in [-0.05, 0) is 61.8 Å². The molecule has 1 fully saturated rings. The predicted octanol–water partition coefficient (Wildman–Crippen LogP) is 5.90. The fraction of sp³-hybridized carbons (Fsp3) is 0.389. The number of hydrogen-bond acceptors (Lipinski definition) is 9. The van der Waals surface area contributed by atoms with E-state index in [1.54, 1.807) is 38.1 Å². The van der Waals surface area contributed by atoms with Crippen molar-refractivity contribution < 1.29 is 28.7 Å². The Morgan fingerprint density at radius 2 is 1.67 bits per heavy atom. The van der Waals surface area contributed by atoms with Gasteiger partial charge in [-0.2, -0.15) is 0 Å². The van der Waals surface area contributed by atoms with Crippen LogP contribution >= 0.6 is 0 Å². The van der Waals surface area contributed by atoms with Crippen LogP contribution in [-0.2, 0) is 28.7 Å². The molecular formula is C36H40N6O6. The summed E-state index contributed by atoms with van der Waals surface area (Å²) in [7, 11) is 0. The van der Waals surface area contributed by atoms with Gasteiger partial charge in [0.1, 0.15) is 25.0 Å². The number of amides is 1. The third-order valence-corrected chi connectivity index (χ3v) is 8.33. The van der Waals surface area contributed by atoms with Gasteiger partial charge in [0.25, 0.3) is 0 Å². The zero-order valence-corrected chi connectivity index (χ0v) is 27.9. The van der Waals surface area contributed by atoms with Crippen molar-refractivity contribution in [3.8, 4) is 11.4 Å². The molecule has 1 aliphatic carbocycles. The molecule has 5 rings (SSSR count). The molecule has 1 amide bonds. The van der Waals surface area contributed by atoms with Crippen LogP contribution < -0.4 is 4.90 Å². The lowest BCUT2D eigenvalue weighted by molar-refractivity contribution is -0.150. The first kappa shape index (κ1) is 35.4. The number of carbonyl (C=O) groups excluding carboxylic acids is 4. The van der Waals surface area contributed by atoms with Crippen molar-refractivity contribution in [1.82, 2.24) is 14.8 Å². The molecule has 0 saturated heterocycles. The number of aromatic nitrogens is 3. The standard InChI is InChI=1S/C35H38N6O5.CH2O/c1-7-27(42)40(20-28(43)45-8-2)26-16-14-25(15-17-26)37-34-30(36-6)29(35(44)46-31-22(4)18-21(3)19-23(31)5)33-38-32(39-41(33)34)24-12-10-9-11-13-24;1-2/h9-17,21-23,31H,7-8,18-20H2,1-5H3;1H2. The summed E-state index contributed by atoms with van der Waals surface area (Å²) in [6, 6.07) is 16.0. The van der Waals surface area contributed by atoms with Crippen LogP contribution in [0.3, 0.4) is 0 Å². The van der Waals surface area contributed by atoms with Crippen LogP contribution in [0, 0.1) is 24.3 Å². The number of fused-ring (bicyclic) bond motifs is 1. The number of aliphatic imine (C=N–C) groups is 1. The molecule has 0 spiro atoms. The van der Waals surface area contributed by atoms with Gasteiger partial charge >= 0.3 is 11.9 Å². The third-order valence-electron chi connectivity index (χ3n) is 8.33. The minimum atomic E-state index is -0.620. The SMILES string of the molecule is C=O.[C-]#[N+]C1=C(C(=O)OC2C(C)CC(C)CC2C)c2nc(-c3ccccc3)nn2C1=Nc1ccc(N(CC(=O)OCC)C(=O)CC)cc1. The van der Waals surface area contributed by atoms with E-state index in [9.17, 15) is 14.4 Å². The molecule has 0 bridgehead atoms. The van der Waals surface area contributed by atoms with E-state index in [0.29, 0.717) is 23.1 Å². The maximum absolute atomic E-state index is 13.9. The lowest BCUT2D eigenvalue weighted by Gasteiger charge is -2.37. The van der Waals surface area contributed by atoms with E-state index >= 15 is 0 Å². The van der Waals surface area contributed by atoms with Gasteiger partial charge in [-0.1, -0.05) is 58.0 Å². The molecule has 250 valence electrons. The third kappa shape index (κ3) is 7.57. The summed E-state index contributed by atoms with van der Waals surface area (Å²) >= 11 is 0. The Bertz CT molecular complexity index is 1730. The van der Waals surface area contributed by atoms with Gasteiger partial charge in [0.15, 0.2) is 17.5 Å². The summed E-state index contributed by atoms with van der Waals surface area (Å²) in [5.41, 5.74) is 1.72. The van der Waals surface area contributed by atoms with Crippen LogP contribution in [0.2, 0.25) is 0 Å². The highest BCUT2D eigenvalue weighted by molar-refractivity contribution is 6.29. The van der Waals surface area contributed by atoms with Crippen LogP contribution in [0.15, 0.2) is 65.3 Å². The number of ether oxygens (including phenoxy) is 2. The van der Waals surface area contributed by atoms with Crippen molar-refractivity contribution in [2.75, 3.05) is 18.1 Å². The Balaban J connectivity index is 0.00000255. The summed E-state index contributed by atoms with van der Waals surface area (Å²) in [6.45, 7) is 19.9. The first-order valence-corrected chi connectivity index (χ1v) is 15.9. The topological polar surface area (TPSA) is 137 Å². The number of esters is 2. The van der Waals surface area contributed by atoms with Gasteiger partial charge in [0, 0.05) is 17.7 Å². The Morgan fingerprint density at radius 3 is 2.25 bits per heavy atom. The fourth-order valence-electron chi connectivity index (χ4n) is 6.33. The number of rotatable bonds is 9. The Morgan fingerprint density at radius 1 is 1.02 bits per heavy atom. The second-order valence-electron chi connectivity index (χ2n) is 11.9. The van der Waals surface area contributed by atoms with E-state index in [4.69, 9.17) is 25.8 Å². The molecular weight excluding hydrogens is 612 g/mol. The minimum absolute atomic E-state index is 0.00160. The molecule has 0 N–H and O–H groups in total. The lowest BCUT2D eigenvalue weighted by Crippen LogP contribution is -2.37. The molecule has 1 saturated carbocycles. The Labute approximate surface area is 280 Å². The van der Waals surface area contributed by atoms with Crippen LogP contribution in [-0.4, -0.2) is 64.5 Å². The monoisotopic (exact) mass is 652 g/mol. The number of allylic oxidation sites excluding steroid dienone is 1. The van der Waals surface area contributed by atoms with Crippen molar-refractivity contribution in [2.24, 2.45) is 22.7 Å². The van der Waals surface area contributed by atoms with E-state index in [1.807, 2.05) is 37.1 Å². The van der Waals surface area contributed by atoms with E-state index in [2.05, 4.69) is 35.7 Å². The molecule has 0 radical (unpaired) electrons. The molecule has 12 heteroatoms. The molecule has 2 unspecified atom stereocenters. The predicted molar refractivity (Wildman–Crippen MR) is 181 cm³/mol. The maximum Gasteiger partial charge on any atom is 0.331 e. The molecule has 2 aromatic carbocycles. The average molecular weight is 653 g/mol. The van der Waals surface area contributed by atoms with Gasteiger partial charge in [0.2, 0.25) is 11.6 Å². The number of nitrogens with zero attached hydrogens (tertiary/aromatic N) is 6. The highest BCUT2D eigenvalue weighted by atomic mass is 16.5. The van der Waals surface area contributed by atoms with Crippen molar-refractivity contribution in [1.29, 1.82) is 0 Å². The van der Waals surface area contributed by atoms with Crippen molar-refractivity contribution in [3.63, 3.8) is 0 Å².